The van der Waals surface area contributed by atoms with Gasteiger partial charge >= 0.3 is 0 Å². The van der Waals surface area contributed by atoms with Crippen molar-refractivity contribution in [2.45, 2.75) is 19.8 Å². The summed E-state index contributed by atoms with van der Waals surface area (Å²) in [6.45, 7) is 2.91. The van der Waals surface area contributed by atoms with Crippen LogP contribution in [0.1, 0.15) is 19.8 Å². The molecule has 1 aromatic heterocycles. The average molecular weight is 369 g/mol. The number of ether oxygens (including phenoxy) is 1. The lowest BCUT2D eigenvalue weighted by molar-refractivity contribution is 0.309. The van der Waals surface area contributed by atoms with Crippen LogP contribution in [0.4, 0.5) is 11.5 Å². The zero-order valence-electron chi connectivity index (χ0n) is 15.9. The Labute approximate surface area is 165 Å². The summed E-state index contributed by atoms with van der Waals surface area (Å²) >= 11 is 0. The number of fused-ring (bicyclic) bond motifs is 1. The molecule has 0 aliphatic heterocycles. The molecule has 4 rings (SSSR count). The summed E-state index contributed by atoms with van der Waals surface area (Å²) in [5.41, 5.74) is 2.91. The molecule has 4 nitrogen and oxygen atoms in total. The van der Waals surface area contributed by atoms with E-state index in [1.807, 2.05) is 54.6 Å². The van der Waals surface area contributed by atoms with Gasteiger partial charge in [0.25, 0.3) is 0 Å². The zero-order valence-corrected chi connectivity index (χ0v) is 15.9. The fourth-order valence-electron chi connectivity index (χ4n) is 3.11. The molecule has 0 aliphatic rings. The standard InChI is InChI=1S/C24H23N3O/c1-2-3-17-28-20-15-13-19(14-16-20)25-24-22-12-8-7-11-21(22)23(26-27-24)18-9-5-4-6-10-18/h4-16H,2-3,17H2,1H3,(H,25,27). The minimum atomic E-state index is 0.745. The Bertz CT molecular complexity index is 1050. The fraction of sp³-hybridized carbons (Fsp3) is 0.167. The van der Waals surface area contributed by atoms with Gasteiger partial charge in [-0.05, 0) is 30.7 Å². The largest absolute Gasteiger partial charge is 0.494 e. The number of nitrogens with one attached hydrogen (secondary N) is 1. The maximum absolute atomic E-state index is 5.73. The Morgan fingerprint density at radius 3 is 2.25 bits per heavy atom. The van der Waals surface area contributed by atoms with Crippen molar-refractivity contribution in [1.82, 2.24) is 10.2 Å². The molecule has 1 heterocycles. The van der Waals surface area contributed by atoms with Gasteiger partial charge < -0.3 is 10.1 Å². The van der Waals surface area contributed by atoms with Gasteiger partial charge in [-0.2, -0.15) is 0 Å². The Balaban J connectivity index is 1.61. The third-order valence-corrected chi connectivity index (χ3v) is 4.62. The van der Waals surface area contributed by atoms with Crippen LogP contribution in [0.5, 0.6) is 5.75 Å². The van der Waals surface area contributed by atoms with E-state index in [4.69, 9.17) is 4.74 Å². The molecule has 0 saturated heterocycles. The highest BCUT2D eigenvalue weighted by molar-refractivity contribution is 6.00. The average Bonchev–Trinajstić information content (AvgIpc) is 2.76. The zero-order chi connectivity index (χ0) is 19.2. The second-order valence-corrected chi connectivity index (χ2v) is 6.66. The minimum absolute atomic E-state index is 0.745. The van der Waals surface area contributed by atoms with Crippen molar-refractivity contribution < 1.29 is 4.74 Å². The Hall–Kier alpha value is -3.40. The molecule has 28 heavy (non-hydrogen) atoms. The van der Waals surface area contributed by atoms with Crippen molar-refractivity contribution in [2.24, 2.45) is 0 Å². The van der Waals surface area contributed by atoms with E-state index in [9.17, 15) is 0 Å². The van der Waals surface area contributed by atoms with E-state index in [0.29, 0.717) is 0 Å². The summed E-state index contributed by atoms with van der Waals surface area (Å²) in [7, 11) is 0. The molecule has 0 unspecified atom stereocenters. The van der Waals surface area contributed by atoms with Crippen molar-refractivity contribution in [1.29, 1.82) is 0 Å². The van der Waals surface area contributed by atoms with Crippen LogP contribution in [-0.2, 0) is 0 Å². The van der Waals surface area contributed by atoms with Gasteiger partial charge in [0.15, 0.2) is 5.82 Å². The molecule has 0 atom stereocenters. The highest BCUT2D eigenvalue weighted by Crippen LogP contribution is 2.31. The molecule has 0 saturated carbocycles. The lowest BCUT2D eigenvalue weighted by Crippen LogP contribution is -2.00. The number of unbranched alkanes of at least 4 members (excludes halogenated alkanes) is 1. The third kappa shape index (κ3) is 3.96. The smallest absolute Gasteiger partial charge is 0.161 e. The highest BCUT2D eigenvalue weighted by atomic mass is 16.5. The van der Waals surface area contributed by atoms with E-state index in [1.165, 1.54) is 0 Å². The SMILES string of the molecule is CCCCOc1ccc(Nc2nnc(-c3ccccc3)c3ccccc23)cc1. The lowest BCUT2D eigenvalue weighted by atomic mass is 10.0. The molecule has 0 amide bonds. The Morgan fingerprint density at radius 2 is 1.50 bits per heavy atom. The first-order valence-corrected chi connectivity index (χ1v) is 9.66. The van der Waals surface area contributed by atoms with E-state index in [0.717, 1.165) is 58.7 Å². The van der Waals surface area contributed by atoms with Crippen molar-refractivity contribution >= 4 is 22.3 Å². The molecular weight excluding hydrogens is 346 g/mol. The molecule has 1 N–H and O–H groups in total. The molecular formula is C24H23N3O. The molecule has 0 aliphatic carbocycles. The molecule has 0 fully saturated rings. The third-order valence-electron chi connectivity index (χ3n) is 4.62. The number of anilines is 2. The highest BCUT2D eigenvalue weighted by Gasteiger charge is 2.10. The quantitative estimate of drug-likeness (QED) is 0.393. The van der Waals surface area contributed by atoms with Crippen LogP contribution in [0.3, 0.4) is 0 Å². The summed E-state index contributed by atoms with van der Waals surface area (Å²) in [6.07, 6.45) is 2.19. The van der Waals surface area contributed by atoms with Crippen molar-refractivity contribution in [3.05, 3.63) is 78.9 Å². The van der Waals surface area contributed by atoms with Gasteiger partial charge in [0.05, 0.1) is 6.61 Å². The molecule has 0 radical (unpaired) electrons. The molecule has 3 aromatic carbocycles. The van der Waals surface area contributed by atoms with Crippen molar-refractivity contribution in [2.75, 3.05) is 11.9 Å². The first-order chi connectivity index (χ1) is 13.8. The lowest BCUT2D eigenvalue weighted by Gasteiger charge is -2.12. The van der Waals surface area contributed by atoms with Crippen LogP contribution in [0.25, 0.3) is 22.0 Å². The number of rotatable bonds is 7. The first kappa shape index (κ1) is 18.0. The summed E-state index contributed by atoms with van der Waals surface area (Å²) in [6, 6.07) is 26.3. The van der Waals surface area contributed by atoms with Crippen LogP contribution < -0.4 is 10.1 Å². The number of nitrogens with zero attached hydrogens (tertiary/aromatic N) is 2. The minimum Gasteiger partial charge on any atom is -0.494 e. The summed E-state index contributed by atoms with van der Waals surface area (Å²) in [5, 5.41) is 14.5. The van der Waals surface area contributed by atoms with Crippen LogP contribution >= 0.6 is 0 Å². The Morgan fingerprint density at radius 1 is 0.786 bits per heavy atom. The molecule has 0 spiro atoms. The van der Waals surface area contributed by atoms with Crippen LogP contribution in [0.2, 0.25) is 0 Å². The second-order valence-electron chi connectivity index (χ2n) is 6.66. The fourth-order valence-corrected chi connectivity index (χ4v) is 3.11. The van der Waals surface area contributed by atoms with Crippen molar-refractivity contribution in [3.8, 4) is 17.0 Å². The predicted octanol–water partition coefficient (Wildman–Crippen LogP) is 6.22. The number of hydrogen-bond acceptors (Lipinski definition) is 4. The van der Waals surface area contributed by atoms with Gasteiger partial charge in [-0.15, -0.1) is 10.2 Å². The van der Waals surface area contributed by atoms with Gasteiger partial charge in [0, 0.05) is 22.0 Å². The van der Waals surface area contributed by atoms with Gasteiger partial charge in [-0.1, -0.05) is 67.9 Å². The van der Waals surface area contributed by atoms with Gasteiger partial charge in [0.1, 0.15) is 11.4 Å². The van der Waals surface area contributed by atoms with Gasteiger partial charge in [-0.25, -0.2) is 0 Å². The van der Waals surface area contributed by atoms with E-state index < -0.39 is 0 Å². The summed E-state index contributed by atoms with van der Waals surface area (Å²) < 4.78 is 5.73. The summed E-state index contributed by atoms with van der Waals surface area (Å²) in [4.78, 5) is 0. The molecule has 4 heteroatoms. The molecule has 140 valence electrons. The number of hydrogen-bond donors (Lipinski definition) is 1. The molecule has 4 aromatic rings. The monoisotopic (exact) mass is 369 g/mol. The van der Waals surface area contributed by atoms with Gasteiger partial charge in [-0.3, -0.25) is 0 Å². The number of aromatic nitrogens is 2. The van der Waals surface area contributed by atoms with E-state index in [-0.39, 0.29) is 0 Å². The van der Waals surface area contributed by atoms with Crippen LogP contribution in [0, 0.1) is 0 Å². The summed E-state index contributed by atoms with van der Waals surface area (Å²) in [5.74, 6) is 1.63. The van der Waals surface area contributed by atoms with Crippen molar-refractivity contribution in [3.63, 3.8) is 0 Å². The normalized spacial score (nSPS) is 10.8. The Kier molecular flexibility index (Phi) is 5.48. The van der Waals surface area contributed by atoms with Crippen LogP contribution in [-0.4, -0.2) is 16.8 Å². The maximum Gasteiger partial charge on any atom is 0.161 e. The van der Waals surface area contributed by atoms with E-state index >= 15 is 0 Å². The second kappa shape index (κ2) is 8.53. The van der Waals surface area contributed by atoms with E-state index in [2.05, 4.69) is 46.7 Å². The predicted molar refractivity (Wildman–Crippen MR) is 115 cm³/mol. The molecule has 0 bridgehead atoms. The first-order valence-electron chi connectivity index (χ1n) is 9.66. The topological polar surface area (TPSA) is 47.0 Å². The maximum atomic E-state index is 5.73. The number of benzene rings is 3. The van der Waals surface area contributed by atoms with Crippen LogP contribution in [0.15, 0.2) is 78.9 Å². The van der Waals surface area contributed by atoms with E-state index in [1.54, 1.807) is 0 Å². The van der Waals surface area contributed by atoms with Gasteiger partial charge in [0.2, 0.25) is 0 Å².